The SMILES string of the molecule is CCSc1cccc(SC2CCOCC2)c1C(=N)N. The van der Waals surface area contributed by atoms with Crippen LogP contribution in [0, 0.1) is 5.41 Å². The Balaban J connectivity index is 2.22. The van der Waals surface area contributed by atoms with Crippen LogP contribution in [0.15, 0.2) is 28.0 Å². The molecule has 1 aromatic carbocycles. The Hall–Kier alpha value is -0.650. The summed E-state index contributed by atoms with van der Waals surface area (Å²) in [6.45, 7) is 3.81. The third-order valence-electron chi connectivity index (χ3n) is 3.02. The van der Waals surface area contributed by atoms with Crippen LogP contribution in [0.2, 0.25) is 0 Å². The van der Waals surface area contributed by atoms with Crippen molar-refractivity contribution < 1.29 is 4.74 Å². The molecule has 1 aliphatic heterocycles. The molecule has 0 radical (unpaired) electrons. The lowest BCUT2D eigenvalue weighted by Gasteiger charge is -2.23. The Kier molecular flexibility index (Phi) is 5.60. The molecule has 1 saturated heterocycles. The van der Waals surface area contributed by atoms with Gasteiger partial charge in [0.25, 0.3) is 0 Å². The molecule has 3 N–H and O–H groups in total. The van der Waals surface area contributed by atoms with Crippen LogP contribution in [0.3, 0.4) is 0 Å². The van der Waals surface area contributed by atoms with Gasteiger partial charge in [-0.1, -0.05) is 13.0 Å². The summed E-state index contributed by atoms with van der Waals surface area (Å²) in [5.41, 5.74) is 6.69. The second-order valence-electron chi connectivity index (χ2n) is 4.41. The quantitative estimate of drug-likeness (QED) is 0.497. The van der Waals surface area contributed by atoms with E-state index >= 15 is 0 Å². The molecule has 1 fully saturated rings. The van der Waals surface area contributed by atoms with Gasteiger partial charge in [0.1, 0.15) is 5.84 Å². The van der Waals surface area contributed by atoms with Crippen molar-refractivity contribution in [2.45, 2.75) is 34.8 Å². The maximum Gasteiger partial charge on any atom is 0.125 e. The first-order valence-electron chi connectivity index (χ1n) is 6.57. The van der Waals surface area contributed by atoms with Gasteiger partial charge >= 0.3 is 0 Å². The van der Waals surface area contributed by atoms with E-state index in [1.807, 2.05) is 11.8 Å². The first kappa shape index (κ1) is 14.8. The largest absolute Gasteiger partial charge is 0.384 e. The lowest BCUT2D eigenvalue weighted by atomic mass is 10.2. The summed E-state index contributed by atoms with van der Waals surface area (Å²) in [4.78, 5) is 2.25. The van der Waals surface area contributed by atoms with Crippen molar-refractivity contribution in [2.24, 2.45) is 5.73 Å². The van der Waals surface area contributed by atoms with Crippen molar-refractivity contribution in [3.63, 3.8) is 0 Å². The normalized spacial score (nSPS) is 16.5. The summed E-state index contributed by atoms with van der Waals surface area (Å²) in [7, 11) is 0. The van der Waals surface area contributed by atoms with E-state index in [1.165, 1.54) is 0 Å². The smallest absolute Gasteiger partial charge is 0.125 e. The topological polar surface area (TPSA) is 59.1 Å². The van der Waals surface area contributed by atoms with E-state index in [0.29, 0.717) is 5.25 Å². The van der Waals surface area contributed by atoms with Gasteiger partial charge in [-0.15, -0.1) is 23.5 Å². The van der Waals surface area contributed by atoms with Crippen molar-refractivity contribution in [1.29, 1.82) is 5.41 Å². The second kappa shape index (κ2) is 7.22. The predicted molar refractivity (Wildman–Crippen MR) is 83.6 cm³/mol. The van der Waals surface area contributed by atoms with Gasteiger partial charge in [0.2, 0.25) is 0 Å². The average Bonchev–Trinajstić information content (AvgIpc) is 2.40. The molecule has 0 bridgehead atoms. The number of hydrogen-bond donors (Lipinski definition) is 2. The number of amidine groups is 1. The van der Waals surface area contributed by atoms with Gasteiger partial charge in [-0.25, -0.2) is 0 Å². The number of nitrogens with one attached hydrogen (secondary N) is 1. The minimum Gasteiger partial charge on any atom is -0.384 e. The van der Waals surface area contributed by atoms with E-state index in [1.54, 1.807) is 11.8 Å². The average molecular weight is 296 g/mol. The molecule has 0 atom stereocenters. The number of nitrogen functional groups attached to an aromatic ring is 1. The molecule has 0 saturated carbocycles. The maximum absolute atomic E-state index is 7.84. The van der Waals surface area contributed by atoms with Crippen molar-refractivity contribution in [2.75, 3.05) is 19.0 Å². The monoisotopic (exact) mass is 296 g/mol. The molecule has 1 heterocycles. The Morgan fingerprint density at radius 3 is 2.68 bits per heavy atom. The van der Waals surface area contributed by atoms with Crippen molar-refractivity contribution in [1.82, 2.24) is 0 Å². The summed E-state index contributed by atoms with van der Waals surface area (Å²) < 4.78 is 5.39. The molecular formula is C14H20N2OS2. The molecule has 0 unspecified atom stereocenters. The zero-order chi connectivity index (χ0) is 13.7. The van der Waals surface area contributed by atoms with Gasteiger partial charge < -0.3 is 10.5 Å². The first-order chi connectivity index (χ1) is 9.22. The lowest BCUT2D eigenvalue weighted by Crippen LogP contribution is -2.19. The Morgan fingerprint density at radius 2 is 2.05 bits per heavy atom. The van der Waals surface area contributed by atoms with Crippen LogP contribution in [-0.2, 0) is 4.74 Å². The number of hydrogen-bond acceptors (Lipinski definition) is 4. The summed E-state index contributed by atoms with van der Waals surface area (Å²) in [6, 6.07) is 6.20. The first-order valence-corrected chi connectivity index (χ1v) is 8.43. The van der Waals surface area contributed by atoms with Crippen molar-refractivity contribution >= 4 is 29.4 Å². The maximum atomic E-state index is 7.84. The number of rotatable bonds is 5. The van der Waals surface area contributed by atoms with Crippen molar-refractivity contribution in [3.8, 4) is 0 Å². The van der Waals surface area contributed by atoms with Crippen molar-refractivity contribution in [3.05, 3.63) is 23.8 Å². The Bertz CT molecular complexity index is 445. The molecule has 0 spiro atoms. The molecule has 19 heavy (non-hydrogen) atoms. The van der Waals surface area contributed by atoms with Crippen LogP contribution in [0.4, 0.5) is 0 Å². The van der Waals surface area contributed by atoms with Gasteiger partial charge in [-0.05, 0) is 30.7 Å². The van der Waals surface area contributed by atoms with Crippen LogP contribution in [0.1, 0.15) is 25.3 Å². The summed E-state index contributed by atoms with van der Waals surface area (Å²) in [5, 5.41) is 8.42. The predicted octanol–water partition coefficient (Wildman–Crippen LogP) is 3.35. The second-order valence-corrected chi connectivity index (χ2v) is 7.05. The Labute approximate surface area is 123 Å². The van der Waals surface area contributed by atoms with Gasteiger partial charge in [0.15, 0.2) is 0 Å². The van der Waals surface area contributed by atoms with E-state index < -0.39 is 0 Å². The highest BCUT2D eigenvalue weighted by molar-refractivity contribution is 8.00. The fraction of sp³-hybridized carbons (Fsp3) is 0.500. The highest BCUT2D eigenvalue weighted by Crippen LogP contribution is 2.36. The molecule has 0 aromatic heterocycles. The molecule has 2 rings (SSSR count). The van der Waals surface area contributed by atoms with Crippen LogP contribution in [0.5, 0.6) is 0 Å². The van der Waals surface area contributed by atoms with Gasteiger partial charge in [0.05, 0.1) is 0 Å². The zero-order valence-corrected chi connectivity index (χ0v) is 12.8. The molecule has 5 heteroatoms. The van der Waals surface area contributed by atoms with E-state index in [9.17, 15) is 0 Å². The standard InChI is InChI=1S/C14H20N2OS2/c1-2-18-11-4-3-5-12(13(11)14(15)16)19-10-6-8-17-9-7-10/h3-5,10H,2,6-9H2,1H3,(H3,15,16). The number of ether oxygens (including phenoxy) is 1. The van der Waals surface area contributed by atoms with Gasteiger partial charge in [0, 0.05) is 33.8 Å². The highest BCUT2D eigenvalue weighted by atomic mass is 32.2. The highest BCUT2D eigenvalue weighted by Gasteiger charge is 2.19. The molecule has 1 aliphatic rings. The van der Waals surface area contributed by atoms with E-state index in [0.717, 1.165) is 47.2 Å². The van der Waals surface area contributed by atoms with E-state index in [2.05, 4.69) is 25.1 Å². The summed E-state index contributed by atoms with van der Waals surface area (Å²) >= 11 is 3.59. The Morgan fingerprint density at radius 1 is 1.37 bits per heavy atom. The third kappa shape index (κ3) is 3.91. The third-order valence-corrected chi connectivity index (χ3v) is 5.36. The zero-order valence-electron chi connectivity index (χ0n) is 11.1. The minimum atomic E-state index is 0.172. The molecule has 0 amide bonds. The molecule has 3 nitrogen and oxygen atoms in total. The van der Waals surface area contributed by atoms with Gasteiger partial charge in [-0.3, -0.25) is 5.41 Å². The number of thioether (sulfide) groups is 2. The van der Waals surface area contributed by atoms with Crippen LogP contribution >= 0.6 is 23.5 Å². The van der Waals surface area contributed by atoms with Crippen LogP contribution in [-0.4, -0.2) is 30.1 Å². The number of benzene rings is 1. The van der Waals surface area contributed by atoms with Crippen LogP contribution < -0.4 is 5.73 Å². The fourth-order valence-corrected chi connectivity index (χ4v) is 4.32. The molecular weight excluding hydrogens is 276 g/mol. The van der Waals surface area contributed by atoms with Gasteiger partial charge in [-0.2, -0.15) is 0 Å². The minimum absolute atomic E-state index is 0.172. The molecule has 1 aromatic rings. The molecule has 0 aliphatic carbocycles. The van der Waals surface area contributed by atoms with Crippen LogP contribution in [0.25, 0.3) is 0 Å². The summed E-state index contributed by atoms with van der Waals surface area (Å²) in [5.74, 6) is 1.16. The van der Waals surface area contributed by atoms with E-state index in [-0.39, 0.29) is 5.84 Å². The fourth-order valence-electron chi connectivity index (χ4n) is 2.12. The number of nitrogens with two attached hydrogens (primary N) is 1. The summed E-state index contributed by atoms with van der Waals surface area (Å²) in [6.07, 6.45) is 2.15. The lowest BCUT2D eigenvalue weighted by molar-refractivity contribution is 0.100. The van der Waals surface area contributed by atoms with E-state index in [4.69, 9.17) is 15.9 Å². The molecule has 104 valence electrons.